The van der Waals surface area contributed by atoms with Gasteiger partial charge >= 0.3 is 0 Å². The van der Waals surface area contributed by atoms with Crippen molar-refractivity contribution in [1.29, 1.82) is 0 Å². The van der Waals surface area contributed by atoms with E-state index >= 15 is 0 Å². The number of amides is 2. The van der Waals surface area contributed by atoms with Crippen molar-refractivity contribution < 1.29 is 27.1 Å². The van der Waals surface area contributed by atoms with Gasteiger partial charge in [-0.1, -0.05) is 43.7 Å². The number of sulfonamides is 1. The molecule has 0 fully saturated rings. The number of ether oxygens (including phenoxy) is 1. The lowest BCUT2D eigenvalue weighted by Gasteiger charge is -2.32. The van der Waals surface area contributed by atoms with Crippen LogP contribution in [0.25, 0.3) is 0 Å². The van der Waals surface area contributed by atoms with Crippen molar-refractivity contribution >= 4 is 27.5 Å². The molecule has 1 N–H and O–H groups in total. The van der Waals surface area contributed by atoms with Crippen molar-refractivity contribution in [3.05, 3.63) is 90.2 Å². The average Bonchev–Trinajstić information content (AvgIpc) is 2.96. The first-order chi connectivity index (χ1) is 19.2. The molecule has 0 heterocycles. The molecular formula is C30H36FN3O5S. The zero-order valence-electron chi connectivity index (χ0n) is 23.0. The highest BCUT2D eigenvalue weighted by Gasteiger charge is 2.32. The van der Waals surface area contributed by atoms with Gasteiger partial charge in [-0.25, -0.2) is 12.8 Å². The van der Waals surface area contributed by atoms with Crippen LogP contribution in [-0.4, -0.2) is 50.9 Å². The maximum absolute atomic E-state index is 13.8. The third kappa shape index (κ3) is 8.05. The molecular weight excluding hydrogens is 533 g/mol. The molecule has 0 bridgehead atoms. The number of anilines is 1. The summed E-state index contributed by atoms with van der Waals surface area (Å²) in [7, 11) is -4.18. The minimum absolute atomic E-state index is 0.00674. The van der Waals surface area contributed by atoms with Gasteiger partial charge in [0.25, 0.3) is 10.0 Å². The largest absolute Gasteiger partial charge is 0.494 e. The van der Waals surface area contributed by atoms with Crippen LogP contribution in [0.4, 0.5) is 10.1 Å². The number of hydrogen-bond donors (Lipinski definition) is 1. The Labute approximate surface area is 235 Å². The van der Waals surface area contributed by atoms with E-state index < -0.39 is 34.3 Å². The predicted octanol–water partition coefficient (Wildman–Crippen LogP) is 4.75. The molecule has 0 aliphatic carbocycles. The Morgan fingerprint density at radius 3 is 2.20 bits per heavy atom. The molecule has 2 amide bonds. The maximum Gasteiger partial charge on any atom is 0.264 e. The summed E-state index contributed by atoms with van der Waals surface area (Å²) in [5, 5.41) is 2.83. The van der Waals surface area contributed by atoms with Gasteiger partial charge in [-0.2, -0.15) is 0 Å². The molecule has 40 heavy (non-hydrogen) atoms. The molecule has 0 saturated carbocycles. The fourth-order valence-corrected chi connectivity index (χ4v) is 5.44. The molecule has 3 aromatic carbocycles. The highest BCUT2D eigenvalue weighted by Crippen LogP contribution is 2.26. The summed E-state index contributed by atoms with van der Waals surface area (Å²) in [5.74, 6) is -0.841. The lowest BCUT2D eigenvalue weighted by atomic mass is 10.1. The fourth-order valence-electron chi connectivity index (χ4n) is 4.03. The summed E-state index contributed by atoms with van der Waals surface area (Å²) in [4.78, 5) is 28.1. The number of nitrogens with one attached hydrogen (secondary N) is 1. The first kappa shape index (κ1) is 30.6. The maximum atomic E-state index is 13.8. The summed E-state index contributed by atoms with van der Waals surface area (Å²) >= 11 is 0. The van der Waals surface area contributed by atoms with Crippen molar-refractivity contribution in [3.63, 3.8) is 0 Å². The molecule has 0 spiro atoms. The van der Waals surface area contributed by atoms with Crippen molar-refractivity contribution in [2.24, 2.45) is 0 Å². The quantitative estimate of drug-likeness (QED) is 0.283. The van der Waals surface area contributed by atoms with Crippen LogP contribution < -0.4 is 14.4 Å². The number of para-hydroxylation sites is 1. The lowest BCUT2D eigenvalue weighted by molar-refractivity contribution is -0.139. The molecule has 0 saturated heterocycles. The number of carbonyl (C=O) groups is 2. The second-order valence-electron chi connectivity index (χ2n) is 9.22. The van der Waals surface area contributed by atoms with Crippen molar-refractivity contribution in [2.45, 2.75) is 51.1 Å². The Morgan fingerprint density at radius 2 is 1.60 bits per heavy atom. The third-order valence-corrected chi connectivity index (χ3v) is 8.10. The van der Waals surface area contributed by atoms with Crippen molar-refractivity contribution in [1.82, 2.24) is 10.2 Å². The van der Waals surface area contributed by atoms with Gasteiger partial charge in [-0.05, 0) is 74.4 Å². The summed E-state index contributed by atoms with van der Waals surface area (Å²) in [6.45, 7) is 5.77. The number of halogens is 1. The molecule has 0 aromatic heterocycles. The second-order valence-corrected chi connectivity index (χ2v) is 11.1. The van der Waals surface area contributed by atoms with Gasteiger partial charge in [0, 0.05) is 13.1 Å². The Kier molecular flexibility index (Phi) is 11.1. The fraction of sp³-hybridized carbons (Fsp3) is 0.333. The van der Waals surface area contributed by atoms with E-state index in [9.17, 15) is 22.4 Å². The number of hydrogen-bond acceptors (Lipinski definition) is 5. The van der Waals surface area contributed by atoms with Gasteiger partial charge in [-0.3, -0.25) is 13.9 Å². The van der Waals surface area contributed by atoms with Crippen molar-refractivity contribution in [2.75, 3.05) is 24.0 Å². The average molecular weight is 570 g/mol. The van der Waals surface area contributed by atoms with Crippen LogP contribution in [0.5, 0.6) is 5.75 Å². The van der Waals surface area contributed by atoms with Crippen molar-refractivity contribution in [3.8, 4) is 5.75 Å². The molecule has 1 unspecified atom stereocenters. The number of nitrogens with zero attached hydrogens (tertiary/aromatic N) is 2. The molecule has 0 radical (unpaired) electrons. The Bertz CT molecular complexity index is 1350. The summed E-state index contributed by atoms with van der Waals surface area (Å²) < 4.78 is 47.7. The van der Waals surface area contributed by atoms with Gasteiger partial charge in [0.1, 0.15) is 24.2 Å². The SMILES string of the molecule is CCCCNC(=O)C(C)N(Cc1ccc(F)cc1)C(=O)CN(c1ccccc1)S(=O)(=O)c1ccc(OCC)cc1. The number of unbranched alkanes of at least 4 members (excludes halogenated alkanes) is 1. The summed E-state index contributed by atoms with van der Waals surface area (Å²) in [6.07, 6.45) is 1.68. The smallest absolute Gasteiger partial charge is 0.264 e. The zero-order chi connectivity index (χ0) is 29.1. The molecule has 0 aliphatic rings. The van der Waals surface area contributed by atoms with Gasteiger partial charge in [0.2, 0.25) is 11.8 Å². The van der Waals surface area contributed by atoms with E-state index in [4.69, 9.17) is 4.74 Å². The molecule has 8 nitrogen and oxygen atoms in total. The molecule has 3 aromatic rings. The topological polar surface area (TPSA) is 96.0 Å². The van der Waals surface area contributed by atoms with Crippen LogP contribution in [-0.2, 0) is 26.2 Å². The summed E-state index contributed by atoms with van der Waals surface area (Å²) in [5.41, 5.74) is 0.898. The molecule has 1 atom stereocenters. The monoisotopic (exact) mass is 569 g/mol. The minimum atomic E-state index is -4.18. The van der Waals surface area contributed by atoms with Gasteiger partial charge in [-0.15, -0.1) is 0 Å². The summed E-state index contributed by atoms with van der Waals surface area (Å²) in [6, 6.07) is 19.0. The molecule has 214 valence electrons. The van der Waals surface area contributed by atoms with Crippen LogP contribution in [0, 0.1) is 5.82 Å². The first-order valence-electron chi connectivity index (χ1n) is 13.3. The van der Waals surface area contributed by atoms with Crippen LogP contribution in [0.3, 0.4) is 0 Å². The molecule has 0 aliphatic heterocycles. The number of rotatable bonds is 14. The van der Waals surface area contributed by atoms with E-state index in [0.29, 0.717) is 30.2 Å². The van der Waals surface area contributed by atoms with E-state index in [0.717, 1.165) is 17.1 Å². The van der Waals surface area contributed by atoms with E-state index in [-0.39, 0.29) is 17.3 Å². The standard InChI is InChI=1S/C30H36FN3O5S/c1-4-6-20-32-30(36)23(3)33(21-24-12-14-25(31)15-13-24)29(35)22-34(26-10-8-7-9-11-26)40(37,38)28-18-16-27(17-19-28)39-5-2/h7-19,23H,4-6,20-22H2,1-3H3,(H,32,36). The number of benzene rings is 3. The van der Waals surface area contributed by atoms with Crippen LogP contribution in [0.15, 0.2) is 83.8 Å². The molecule has 10 heteroatoms. The van der Waals surface area contributed by atoms with E-state index in [1.165, 1.54) is 41.3 Å². The number of carbonyl (C=O) groups excluding carboxylic acids is 2. The second kappa shape index (κ2) is 14.5. The first-order valence-corrected chi connectivity index (χ1v) is 14.7. The van der Waals surface area contributed by atoms with Crippen LogP contribution >= 0.6 is 0 Å². The lowest BCUT2D eigenvalue weighted by Crippen LogP contribution is -2.51. The Hall–Kier alpha value is -3.92. The van der Waals surface area contributed by atoms with Gasteiger partial charge in [0.05, 0.1) is 17.2 Å². The minimum Gasteiger partial charge on any atom is -0.494 e. The van der Waals surface area contributed by atoms with Gasteiger partial charge in [0.15, 0.2) is 0 Å². The third-order valence-electron chi connectivity index (χ3n) is 6.31. The molecule has 3 rings (SSSR count). The highest BCUT2D eigenvalue weighted by atomic mass is 32.2. The van der Waals surface area contributed by atoms with E-state index in [1.54, 1.807) is 49.4 Å². The van der Waals surface area contributed by atoms with Gasteiger partial charge < -0.3 is 15.0 Å². The Morgan fingerprint density at radius 1 is 0.950 bits per heavy atom. The van der Waals surface area contributed by atoms with Crippen LogP contribution in [0.2, 0.25) is 0 Å². The van der Waals surface area contributed by atoms with Crippen LogP contribution in [0.1, 0.15) is 39.2 Å². The van der Waals surface area contributed by atoms with E-state index in [2.05, 4.69) is 5.32 Å². The van der Waals surface area contributed by atoms with E-state index in [1.807, 2.05) is 13.8 Å². The predicted molar refractivity (Wildman–Crippen MR) is 153 cm³/mol. The Balaban J connectivity index is 1.96. The zero-order valence-corrected chi connectivity index (χ0v) is 23.9. The normalized spacial score (nSPS) is 11.9. The highest BCUT2D eigenvalue weighted by molar-refractivity contribution is 7.92.